The number of hydrogen-bond donors (Lipinski definition) is 0. The second-order valence-corrected chi connectivity index (χ2v) is 6.68. The second-order valence-electron chi connectivity index (χ2n) is 6.68. The van der Waals surface area contributed by atoms with E-state index in [-0.39, 0.29) is 0 Å². The monoisotopic (exact) mass is 375 g/mol. The molecule has 0 radical (unpaired) electrons. The van der Waals surface area contributed by atoms with Crippen LogP contribution in [0.15, 0.2) is 24.3 Å². The van der Waals surface area contributed by atoms with Gasteiger partial charge in [0.25, 0.3) is 0 Å². The third-order valence-electron chi connectivity index (χ3n) is 4.91. The molecular weight excluding hydrogens is 355 g/mol. The smallest absolute Gasteiger partial charge is 0.351 e. The normalized spacial score (nSPS) is 15.6. The van der Waals surface area contributed by atoms with Gasteiger partial charge in [-0.1, -0.05) is 12.1 Å². The fraction of sp³-hybridized carbons (Fsp3) is 0.421. The highest BCUT2D eigenvalue weighted by Crippen LogP contribution is 2.29. The van der Waals surface area contributed by atoms with Crippen LogP contribution in [0, 0.1) is 25.2 Å². The standard InChI is InChI=1S/C19H20F3N5/c1-13-14(2)24-25-18(17(13)11-23)27-9-7-26(8-10-27)12-15-3-5-16(6-4-15)19(20,21)22/h3-6H,7-10,12H2,1-2H3. The Morgan fingerprint density at radius 1 is 1.04 bits per heavy atom. The molecule has 8 heteroatoms. The number of alkyl halides is 3. The molecule has 2 heterocycles. The lowest BCUT2D eigenvalue weighted by Crippen LogP contribution is -2.46. The predicted molar refractivity (Wildman–Crippen MR) is 95.2 cm³/mol. The van der Waals surface area contributed by atoms with E-state index in [9.17, 15) is 18.4 Å². The van der Waals surface area contributed by atoms with Crippen LogP contribution in [-0.4, -0.2) is 41.3 Å². The molecular formula is C19H20F3N5. The Balaban J connectivity index is 1.63. The van der Waals surface area contributed by atoms with Gasteiger partial charge < -0.3 is 4.90 Å². The van der Waals surface area contributed by atoms with Crippen molar-refractivity contribution in [3.63, 3.8) is 0 Å². The van der Waals surface area contributed by atoms with Gasteiger partial charge in [0.2, 0.25) is 0 Å². The van der Waals surface area contributed by atoms with Gasteiger partial charge in [-0.25, -0.2) is 0 Å². The average molecular weight is 375 g/mol. The molecule has 1 saturated heterocycles. The molecule has 1 aromatic heterocycles. The Morgan fingerprint density at radius 2 is 1.67 bits per heavy atom. The van der Waals surface area contributed by atoms with Crippen molar-refractivity contribution in [1.29, 1.82) is 5.26 Å². The number of nitriles is 1. The number of hydrogen-bond acceptors (Lipinski definition) is 5. The van der Waals surface area contributed by atoms with E-state index >= 15 is 0 Å². The summed E-state index contributed by atoms with van der Waals surface area (Å²) in [7, 11) is 0. The van der Waals surface area contributed by atoms with Gasteiger partial charge in [-0.15, -0.1) is 5.10 Å². The lowest BCUT2D eigenvalue weighted by molar-refractivity contribution is -0.137. The molecule has 0 atom stereocenters. The largest absolute Gasteiger partial charge is 0.416 e. The summed E-state index contributed by atoms with van der Waals surface area (Å²) in [5.41, 5.74) is 2.36. The Bertz CT molecular complexity index is 847. The summed E-state index contributed by atoms with van der Waals surface area (Å²) in [6.45, 7) is 7.14. The third kappa shape index (κ3) is 4.19. The number of nitrogens with zero attached hydrogens (tertiary/aromatic N) is 5. The van der Waals surface area contributed by atoms with Gasteiger partial charge in [-0.2, -0.15) is 23.5 Å². The minimum absolute atomic E-state index is 0.554. The summed E-state index contributed by atoms with van der Waals surface area (Å²) in [6.07, 6.45) is -4.31. The van der Waals surface area contributed by atoms with Gasteiger partial charge in [0.05, 0.1) is 11.3 Å². The van der Waals surface area contributed by atoms with E-state index in [2.05, 4.69) is 21.2 Å². The van der Waals surface area contributed by atoms with E-state index < -0.39 is 11.7 Å². The van der Waals surface area contributed by atoms with Crippen LogP contribution in [0.1, 0.15) is 27.9 Å². The number of benzene rings is 1. The quantitative estimate of drug-likeness (QED) is 0.824. The lowest BCUT2D eigenvalue weighted by atomic mass is 10.1. The molecule has 1 aliphatic rings. The first kappa shape index (κ1) is 19.1. The Morgan fingerprint density at radius 3 is 2.22 bits per heavy atom. The Hall–Kier alpha value is -2.66. The van der Waals surface area contributed by atoms with Crippen LogP contribution in [0.5, 0.6) is 0 Å². The molecule has 0 bridgehead atoms. The summed E-state index contributed by atoms with van der Waals surface area (Å²) in [5.74, 6) is 0.606. The highest BCUT2D eigenvalue weighted by Gasteiger charge is 2.30. The summed E-state index contributed by atoms with van der Waals surface area (Å²) in [6, 6.07) is 7.51. The van der Waals surface area contributed by atoms with Crippen molar-refractivity contribution < 1.29 is 13.2 Å². The Kier molecular flexibility index (Phi) is 5.33. The van der Waals surface area contributed by atoms with Gasteiger partial charge in [0.15, 0.2) is 5.82 Å². The number of aromatic nitrogens is 2. The van der Waals surface area contributed by atoms with E-state index in [0.29, 0.717) is 31.0 Å². The van der Waals surface area contributed by atoms with E-state index in [4.69, 9.17) is 0 Å². The van der Waals surface area contributed by atoms with E-state index in [1.807, 2.05) is 18.7 Å². The van der Waals surface area contributed by atoms with Crippen LogP contribution in [0.3, 0.4) is 0 Å². The van der Waals surface area contributed by atoms with Crippen LogP contribution in [0.4, 0.5) is 19.0 Å². The minimum Gasteiger partial charge on any atom is -0.351 e. The van der Waals surface area contributed by atoms with Crippen molar-refractivity contribution in [2.24, 2.45) is 0 Å². The SMILES string of the molecule is Cc1nnc(N2CCN(Cc3ccc(C(F)(F)F)cc3)CC2)c(C#N)c1C. The topological polar surface area (TPSA) is 56.1 Å². The molecule has 0 aliphatic carbocycles. The van der Waals surface area contributed by atoms with Gasteiger partial charge in [0.1, 0.15) is 11.6 Å². The lowest BCUT2D eigenvalue weighted by Gasteiger charge is -2.35. The molecule has 0 saturated carbocycles. The number of anilines is 1. The van der Waals surface area contributed by atoms with Crippen LogP contribution in [0.2, 0.25) is 0 Å². The van der Waals surface area contributed by atoms with Crippen LogP contribution in [-0.2, 0) is 12.7 Å². The molecule has 0 spiro atoms. The third-order valence-corrected chi connectivity index (χ3v) is 4.91. The molecule has 0 unspecified atom stereocenters. The Labute approximate surface area is 156 Å². The molecule has 27 heavy (non-hydrogen) atoms. The van der Waals surface area contributed by atoms with Crippen LogP contribution < -0.4 is 4.90 Å². The summed E-state index contributed by atoms with van der Waals surface area (Å²) in [5, 5.41) is 17.8. The number of halogens is 3. The summed E-state index contributed by atoms with van der Waals surface area (Å²) < 4.78 is 37.9. The van der Waals surface area contributed by atoms with Crippen molar-refractivity contribution in [2.75, 3.05) is 31.1 Å². The molecule has 1 aromatic carbocycles. The zero-order valence-corrected chi connectivity index (χ0v) is 15.2. The van der Waals surface area contributed by atoms with Gasteiger partial charge in [-0.3, -0.25) is 4.90 Å². The van der Waals surface area contributed by atoms with Crippen molar-refractivity contribution in [2.45, 2.75) is 26.6 Å². The molecule has 142 valence electrons. The van der Waals surface area contributed by atoms with Gasteiger partial charge in [-0.05, 0) is 37.1 Å². The van der Waals surface area contributed by atoms with E-state index in [1.54, 1.807) is 0 Å². The molecule has 1 fully saturated rings. The molecule has 2 aromatic rings. The fourth-order valence-corrected chi connectivity index (χ4v) is 3.13. The second kappa shape index (κ2) is 7.53. The van der Waals surface area contributed by atoms with Gasteiger partial charge in [0, 0.05) is 32.7 Å². The number of rotatable bonds is 3. The maximum atomic E-state index is 12.6. The zero-order chi connectivity index (χ0) is 19.6. The fourth-order valence-electron chi connectivity index (χ4n) is 3.13. The zero-order valence-electron chi connectivity index (χ0n) is 15.2. The van der Waals surface area contributed by atoms with Crippen molar-refractivity contribution in [3.05, 3.63) is 52.2 Å². The molecule has 1 aliphatic heterocycles. The molecule has 3 rings (SSSR count). The minimum atomic E-state index is -4.31. The number of piperazine rings is 1. The average Bonchev–Trinajstić information content (AvgIpc) is 2.64. The van der Waals surface area contributed by atoms with Crippen LogP contribution >= 0.6 is 0 Å². The first-order chi connectivity index (χ1) is 12.8. The highest BCUT2D eigenvalue weighted by atomic mass is 19.4. The van der Waals surface area contributed by atoms with Crippen molar-refractivity contribution in [1.82, 2.24) is 15.1 Å². The predicted octanol–water partition coefficient (Wildman–Crippen LogP) is 3.31. The molecule has 5 nitrogen and oxygen atoms in total. The van der Waals surface area contributed by atoms with Crippen molar-refractivity contribution in [3.8, 4) is 6.07 Å². The first-order valence-corrected chi connectivity index (χ1v) is 8.67. The van der Waals surface area contributed by atoms with Crippen LogP contribution in [0.25, 0.3) is 0 Å². The maximum Gasteiger partial charge on any atom is 0.416 e. The van der Waals surface area contributed by atoms with Crippen molar-refractivity contribution >= 4 is 5.82 Å². The first-order valence-electron chi connectivity index (χ1n) is 8.67. The van der Waals surface area contributed by atoms with E-state index in [0.717, 1.165) is 42.0 Å². The number of aryl methyl sites for hydroxylation is 1. The molecule has 0 N–H and O–H groups in total. The maximum absolute atomic E-state index is 12.6. The highest BCUT2D eigenvalue weighted by molar-refractivity contribution is 5.57. The van der Waals surface area contributed by atoms with E-state index in [1.165, 1.54) is 12.1 Å². The summed E-state index contributed by atoms with van der Waals surface area (Å²) >= 11 is 0. The summed E-state index contributed by atoms with van der Waals surface area (Å²) in [4.78, 5) is 4.22. The van der Waals surface area contributed by atoms with Gasteiger partial charge >= 0.3 is 6.18 Å². The molecule has 0 amide bonds.